The number of nitro groups is 1. The van der Waals surface area contributed by atoms with E-state index in [1.165, 1.54) is 6.92 Å². The summed E-state index contributed by atoms with van der Waals surface area (Å²) >= 11 is 0. The molecule has 228 valence electrons. The van der Waals surface area contributed by atoms with E-state index in [4.69, 9.17) is 13.9 Å². The lowest BCUT2D eigenvalue weighted by molar-refractivity contribution is -0.384. The Bertz CT molecular complexity index is 1040. The minimum absolute atomic E-state index is 0.000354. The molecule has 0 bridgehead atoms. The molecular weight excluding hydrogens is 537 g/mol. The lowest BCUT2D eigenvalue weighted by Gasteiger charge is -2.37. The molecule has 1 aromatic carbocycles. The Hall–Kier alpha value is -2.57. The molecule has 2 atom stereocenters. The summed E-state index contributed by atoms with van der Waals surface area (Å²) in [5.41, 5.74) is -1.13. The molecule has 40 heavy (non-hydrogen) atoms. The van der Waals surface area contributed by atoms with Gasteiger partial charge in [-0.2, -0.15) is 0 Å². The number of carbonyl (C=O) groups excluding carboxylic acids is 2. The van der Waals surface area contributed by atoms with Crippen LogP contribution in [-0.4, -0.2) is 76.6 Å². The Balaban J connectivity index is 3.32. The van der Waals surface area contributed by atoms with Gasteiger partial charge in [-0.25, -0.2) is 4.39 Å². The van der Waals surface area contributed by atoms with Crippen LogP contribution in [0.25, 0.3) is 0 Å². The number of benzene rings is 1. The third-order valence-corrected chi connectivity index (χ3v) is 11.4. The normalized spacial score (nSPS) is 14.0. The van der Waals surface area contributed by atoms with E-state index in [9.17, 15) is 19.7 Å². The number of nitrogens with zero attached hydrogens (tertiary/aromatic N) is 2. The molecule has 2 unspecified atom stereocenters. The highest BCUT2D eigenvalue weighted by Gasteiger charge is 2.37. The van der Waals surface area contributed by atoms with Crippen molar-refractivity contribution in [2.75, 3.05) is 45.7 Å². The minimum atomic E-state index is -2.05. The highest BCUT2D eigenvalue weighted by atomic mass is 28.4. The fourth-order valence-electron chi connectivity index (χ4n) is 3.62. The largest absolute Gasteiger partial charge is 0.461 e. The number of halogens is 1. The van der Waals surface area contributed by atoms with Crippen LogP contribution in [0.4, 0.5) is 15.8 Å². The Morgan fingerprint density at radius 2 is 1.73 bits per heavy atom. The number of rotatable bonds is 14. The molecule has 0 aromatic heterocycles. The summed E-state index contributed by atoms with van der Waals surface area (Å²) < 4.78 is 32.3. The van der Waals surface area contributed by atoms with Gasteiger partial charge in [0.15, 0.2) is 8.32 Å². The molecule has 0 aliphatic carbocycles. The molecule has 0 spiro atoms. The lowest BCUT2D eigenvalue weighted by Crippen LogP contribution is -2.43. The highest BCUT2D eigenvalue weighted by Crippen LogP contribution is 2.37. The molecule has 0 fully saturated rings. The van der Waals surface area contributed by atoms with E-state index in [1.807, 2.05) is 19.0 Å². The van der Waals surface area contributed by atoms with Crippen LogP contribution in [0.2, 0.25) is 18.1 Å². The molecule has 0 saturated heterocycles. The molecule has 0 aliphatic heterocycles. The number of ether oxygens (including phenoxy) is 2. The average molecular weight is 586 g/mol. The van der Waals surface area contributed by atoms with Gasteiger partial charge >= 0.3 is 11.9 Å². The number of hydrogen-bond acceptors (Lipinski definition) is 9. The molecule has 0 aliphatic rings. The van der Waals surface area contributed by atoms with Crippen LogP contribution in [-0.2, 0) is 29.9 Å². The zero-order valence-corrected chi connectivity index (χ0v) is 27.0. The third kappa shape index (κ3) is 11.1. The van der Waals surface area contributed by atoms with Gasteiger partial charge < -0.3 is 24.1 Å². The van der Waals surface area contributed by atoms with Crippen LogP contribution in [0.3, 0.4) is 0 Å². The van der Waals surface area contributed by atoms with Crippen molar-refractivity contribution >= 4 is 31.6 Å². The molecule has 0 heterocycles. The molecule has 1 rings (SSSR count). The lowest BCUT2D eigenvalue weighted by atomic mass is 9.97. The molecule has 1 aromatic rings. The second-order valence-corrected chi connectivity index (χ2v) is 17.9. The van der Waals surface area contributed by atoms with Crippen molar-refractivity contribution in [2.45, 2.75) is 79.1 Å². The van der Waals surface area contributed by atoms with Gasteiger partial charge in [0.25, 0.3) is 5.69 Å². The SMILES string of the molecule is CC(=O)OC(COC(=O)C(C)(C)C)Cc1c(F)ccc([N+](=O)[O-])c1NCC(CO[Si](C)(C)C(C)(C)C)CN(C)C. The highest BCUT2D eigenvalue weighted by molar-refractivity contribution is 6.74. The van der Waals surface area contributed by atoms with Crippen LogP contribution in [0.5, 0.6) is 0 Å². The number of carbonyl (C=O) groups is 2. The standard InChI is InChI=1S/C28H48FN3O7Si/c1-19(33)39-21(18-37-26(34)27(2,3)4)14-22-23(29)12-13-24(32(35)36)25(22)30-15-20(16-31(8)9)17-38-40(10,11)28(5,6)7/h12-13,20-21,30H,14-18H2,1-11H3. The quantitative estimate of drug-likeness (QED) is 0.132. The van der Waals surface area contributed by atoms with Gasteiger partial charge in [-0.1, -0.05) is 20.8 Å². The van der Waals surface area contributed by atoms with E-state index in [0.717, 1.165) is 12.1 Å². The number of nitro benzene ring substituents is 1. The van der Waals surface area contributed by atoms with Gasteiger partial charge in [0.05, 0.1) is 10.3 Å². The first kappa shape index (κ1) is 35.5. The summed E-state index contributed by atoms with van der Waals surface area (Å²) in [4.78, 5) is 37.4. The van der Waals surface area contributed by atoms with E-state index in [0.29, 0.717) is 13.2 Å². The second kappa shape index (κ2) is 14.4. The van der Waals surface area contributed by atoms with Crippen molar-refractivity contribution in [1.82, 2.24) is 4.90 Å². The van der Waals surface area contributed by atoms with Crippen molar-refractivity contribution in [3.05, 3.63) is 33.6 Å². The molecular formula is C28H48FN3O7Si. The van der Waals surface area contributed by atoms with Gasteiger partial charge in [-0.3, -0.25) is 19.7 Å². The summed E-state index contributed by atoms with van der Waals surface area (Å²) in [6.07, 6.45) is -1.27. The maximum absolute atomic E-state index is 15.2. The average Bonchev–Trinajstić information content (AvgIpc) is 2.78. The second-order valence-electron chi connectivity index (χ2n) is 13.0. The van der Waals surface area contributed by atoms with Crippen LogP contribution in [0.1, 0.15) is 54.0 Å². The third-order valence-electron chi connectivity index (χ3n) is 6.88. The van der Waals surface area contributed by atoms with E-state index >= 15 is 4.39 Å². The smallest absolute Gasteiger partial charge is 0.311 e. The zero-order chi connectivity index (χ0) is 31.1. The molecule has 0 saturated carbocycles. The first-order chi connectivity index (χ1) is 18.2. The fourth-order valence-corrected chi connectivity index (χ4v) is 4.71. The van der Waals surface area contributed by atoms with E-state index in [-0.39, 0.29) is 47.5 Å². The molecule has 0 radical (unpaired) electrons. The van der Waals surface area contributed by atoms with E-state index < -0.39 is 42.5 Å². The molecule has 0 amide bonds. The van der Waals surface area contributed by atoms with Gasteiger partial charge in [0.2, 0.25) is 0 Å². The van der Waals surface area contributed by atoms with Crippen LogP contribution >= 0.6 is 0 Å². The minimum Gasteiger partial charge on any atom is -0.461 e. The monoisotopic (exact) mass is 585 g/mol. The van der Waals surface area contributed by atoms with Crippen molar-refractivity contribution in [2.24, 2.45) is 11.3 Å². The predicted octanol–water partition coefficient (Wildman–Crippen LogP) is 5.41. The summed E-state index contributed by atoms with van der Waals surface area (Å²) in [6.45, 7) is 18.0. The number of esters is 2. The van der Waals surface area contributed by atoms with Crippen molar-refractivity contribution in [1.29, 1.82) is 0 Å². The first-order valence-electron chi connectivity index (χ1n) is 13.5. The number of hydrogen-bond donors (Lipinski definition) is 1. The van der Waals surface area contributed by atoms with Crippen LogP contribution in [0.15, 0.2) is 12.1 Å². The molecule has 12 heteroatoms. The van der Waals surface area contributed by atoms with Crippen molar-refractivity contribution in [3.8, 4) is 0 Å². The summed E-state index contributed by atoms with van der Waals surface area (Å²) in [5.74, 6) is -1.92. The maximum atomic E-state index is 15.2. The number of anilines is 1. The van der Waals surface area contributed by atoms with E-state index in [2.05, 4.69) is 39.2 Å². The van der Waals surface area contributed by atoms with Crippen LogP contribution in [0, 0.1) is 27.3 Å². The first-order valence-corrected chi connectivity index (χ1v) is 16.4. The summed E-state index contributed by atoms with van der Waals surface area (Å²) in [5, 5.41) is 15.1. The van der Waals surface area contributed by atoms with Crippen LogP contribution < -0.4 is 5.32 Å². The predicted molar refractivity (Wildman–Crippen MR) is 156 cm³/mol. The van der Waals surface area contributed by atoms with E-state index in [1.54, 1.807) is 20.8 Å². The summed E-state index contributed by atoms with van der Waals surface area (Å²) in [7, 11) is 1.81. The van der Waals surface area contributed by atoms with Gasteiger partial charge in [0.1, 0.15) is 24.2 Å². The van der Waals surface area contributed by atoms with Crippen molar-refractivity contribution in [3.63, 3.8) is 0 Å². The Labute approximate surface area is 239 Å². The topological polar surface area (TPSA) is 120 Å². The Morgan fingerprint density at radius 1 is 1.12 bits per heavy atom. The van der Waals surface area contributed by atoms with Gasteiger partial charge in [0, 0.05) is 50.6 Å². The Kier molecular flexibility index (Phi) is 12.7. The summed E-state index contributed by atoms with van der Waals surface area (Å²) in [6, 6.07) is 2.12. The zero-order valence-electron chi connectivity index (χ0n) is 26.0. The molecule has 1 N–H and O–H groups in total. The van der Waals surface area contributed by atoms with Crippen molar-refractivity contribution < 1.29 is 32.8 Å². The fraction of sp³-hybridized carbons (Fsp3) is 0.714. The Morgan fingerprint density at radius 3 is 2.20 bits per heavy atom. The van der Waals surface area contributed by atoms with Gasteiger partial charge in [-0.15, -0.1) is 0 Å². The van der Waals surface area contributed by atoms with Gasteiger partial charge in [-0.05, 0) is 59.1 Å². The number of nitrogens with one attached hydrogen (secondary N) is 1. The molecule has 10 nitrogen and oxygen atoms in total. The maximum Gasteiger partial charge on any atom is 0.311 e.